The molecule has 0 aliphatic rings. The minimum Gasteiger partial charge on any atom is -0.340 e. The number of hydrogen-bond acceptors (Lipinski definition) is 2. The molecule has 0 radical (unpaired) electrons. The van der Waals surface area contributed by atoms with E-state index in [-0.39, 0.29) is 24.3 Å². The van der Waals surface area contributed by atoms with Gasteiger partial charge in [-0.05, 0) is 32.0 Å². The van der Waals surface area contributed by atoms with Gasteiger partial charge >= 0.3 is 0 Å². The molecule has 0 unspecified atom stereocenters. The highest BCUT2D eigenvalue weighted by Crippen LogP contribution is 2.15. The van der Waals surface area contributed by atoms with Crippen LogP contribution in [0.15, 0.2) is 24.3 Å². The van der Waals surface area contributed by atoms with Crippen LogP contribution in [0.4, 0.5) is 5.69 Å². The fourth-order valence-corrected chi connectivity index (χ4v) is 1.98. The molecule has 5 heteroatoms. The minimum atomic E-state index is -0.130. The molecule has 0 spiro atoms. The number of rotatable bonds is 5. The van der Waals surface area contributed by atoms with E-state index in [4.69, 9.17) is 11.6 Å². The van der Waals surface area contributed by atoms with E-state index in [2.05, 4.69) is 5.32 Å². The van der Waals surface area contributed by atoms with Crippen molar-refractivity contribution in [2.75, 3.05) is 11.9 Å². The van der Waals surface area contributed by atoms with Crippen molar-refractivity contribution >= 4 is 29.1 Å². The largest absolute Gasteiger partial charge is 0.340 e. The van der Waals surface area contributed by atoms with Gasteiger partial charge in [-0.15, -0.1) is 0 Å². The average Bonchev–Trinajstić information content (AvgIpc) is 2.27. The standard InChI is InChI=1S/C14H19ClN2O2/c1-10(2)17(11(3)18)8-7-14(19)16-13-6-4-5-12(15)9-13/h4-6,9-10H,7-8H2,1-3H3,(H,16,19). The van der Waals surface area contributed by atoms with Crippen LogP contribution in [-0.4, -0.2) is 29.3 Å². The molecule has 0 aliphatic heterocycles. The SMILES string of the molecule is CC(=O)N(CCC(=O)Nc1cccc(Cl)c1)C(C)C. The third-order valence-electron chi connectivity index (χ3n) is 2.72. The molecule has 0 atom stereocenters. The minimum absolute atomic E-state index is 0.0226. The monoisotopic (exact) mass is 282 g/mol. The number of amides is 2. The van der Waals surface area contributed by atoms with E-state index in [1.165, 1.54) is 6.92 Å². The Morgan fingerprint density at radius 3 is 2.58 bits per heavy atom. The second kappa shape index (κ2) is 7.14. The first-order chi connectivity index (χ1) is 8.90. The van der Waals surface area contributed by atoms with Gasteiger partial charge in [-0.2, -0.15) is 0 Å². The molecule has 2 amide bonds. The maximum absolute atomic E-state index is 11.8. The maximum atomic E-state index is 11.8. The predicted molar refractivity (Wildman–Crippen MR) is 77.2 cm³/mol. The predicted octanol–water partition coefficient (Wildman–Crippen LogP) is 2.93. The van der Waals surface area contributed by atoms with Crippen molar-refractivity contribution in [1.29, 1.82) is 0 Å². The first kappa shape index (κ1) is 15.5. The number of anilines is 1. The fourth-order valence-electron chi connectivity index (χ4n) is 1.79. The van der Waals surface area contributed by atoms with E-state index in [0.29, 0.717) is 17.3 Å². The third-order valence-corrected chi connectivity index (χ3v) is 2.95. The molecule has 0 aromatic heterocycles. The van der Waals surface area contributed by atoms with E-state index >= 15 is 0 Å². The molecular formula is C14H19ClN2O2. The Hall–Kier alpha value is -1.55. The Labute approximate surface area is 118 Å². The number of carbonyl (C=O) groups excluding carboxylic acids is 2. The summed E-state index contributed by atoms with van der Waals surface area (Å²) >= 11 is 5.83. The molecule has 0 saturated carbocycles. The second-order valence-electron chi connectivity index (χ2n) is 4.61. The lowest BCUT2D eigenvalue weighted by molar-refractivity contribution is -0.130. The molecule has 0 aliphatic carbocycles. The topological polar surface area (TPSA) is 49.4 Å². The summed E-state index contributed by atoms with van der Waals surface area (Å²) in [6.45, 7) is 5.78. The van der Waals surface area contributed by atoms with Crippen molar-refractivity contribution in [1.82, 2.24) is 4.90 Å². The van der Waals surface area contributed by atoms with Crippen LogP contribution in [0, 0.1) is 0 Å². The van der Waals surface area contributed by atoms with Gasteiger partial charge in [0.05, 0.1) is 0 Å². The van der Waals surface area contributed by atoms with Gasteiger partial charge in [-0.3, -0.25) is 9.59 Å². The average molecular weight is 283 g/mol. The second-order valence-corrected chi connectivity index (χ2v) is 5.05. The van der Waals surface area contributed by atoms with Crippen molar-refractivity contribution in [3.63, 3.8) is 0 Å². The summed E-state index contributed by atoms with van der Waals surface area (Å²) in [6, 6.07) is 7.07. The molecule has 19 heavy (non-hydrogen) atoms. The van der Waals surface area contributed by atoms with Crippen LogP contribution in [0.5, 0.6) is 0 Å². The maximum Gasteiger partial charge on any atom is 0.226 e. The summed E-state index contributed by atoms with van der Waals surface area (Å²) in [6.07, 6.45) is 0.268. The fraction of sp³-hybridized carbons (Fsp3) is 0.429. The van der Waals surface area contributed by atoms with Crippen LogP contribution < -0.4 is 5.32 Å². The molecule has 1 N–H and O–H groups in total. The number of hydrogen-bond donors (Lipinski definition) is 1. The van der Waals surface area contributed by atoms with Crippen LogP contribution >= 0.6 is 11.6 Å². The summed E-state index contributed by atoms with van der Waals surface area (Å²) in [5.41, 5.74) is 0.663. The molecule has 0 saturated heterocycles. The highest BCUT2D eigenvalue weighted by molar-refractivity contribution is 6.30. The summed E-state index contributed by atoms with van der Waals surface area (Å²) in [5, 5.41) is 3.33. The van der Waals surface area contributed by atoms with E-state index < -0.39 is 0 Å². The van der Waals surface area contributed by atoms with E-state index in [9.17, 15) is 9.59 Å². The molecule has 1 aromatic carbocycles. The number of halogens is 1. The van der Waals surface area contributed by atoms with Crippen LogP contribution in [0.3, 0.4) is 0 Å². The van der Waals surface area contributed by atoms with Crippen molar-refractivity contribution in [3.05, 3.63) is 29.3 Å². The normalized spacial score (nSPS) is 10.4. The number of benzene rings is 1. The summed E-state index contributed by atoms with van der Waals surface area (Å²) in [5.74, 6) is -0.153. The molecule has 1 aromatic rings. The zero-order valence-electron chi connectivity index (χ0n) is 11.4. The van der Waals surface area contributed by atoms with Gasteiger partial charge in [0.1, 0.15) is 0 Å². The quantitative estimate of drug-likeness (QED) is 0.903. The summed E-state index contributed by atoms with van der Waals surface area (Å²) in [4.78, 5) is 24.8. The Morgan fingerprint density at radius 1 is 1.37 bits per heavy atom. The van der Waals surface area contributed by atoms with Crippen LogP contribution in [-0.2, 0) is 9.59 Å². The van der Waals surface area contributed by atoms with Gasteiger partial charge in [-0.25, -0.2) is 0 Å². The van der Waals surface area contributed by atoms with Gasteiger partial charge in [0.25, 0.3) is 0 Å². The Kier molecular flexibility index (Phi) is 5.83. The van der Waals surface area contributed by atoms with Gasteiger partial charge in [0, 0.05) is 36.6 Å². The smallest absolute Gasteiger partial charge is 0.226 e. The molecular weight excluding hydrogens is 264 g/mol. The Morgan fingerprint density at radius 2 is 2.05 bits per heavy atom. The van der Waals surface area contributed by atoms with Gasteiger partial charge in [-0.1, -0.05) is 17.7 Å². The first-order valence-electron chi connectivity index (χ1n) is 6.22. The molecule has 1 rings (SSSR count). The Balaban J connectivity index is 2.50. The highest BCUT2D eigenvalue weighted by Gasteiger charge is 2.14. The molecule has 0 fully saturated rings. The summed E-state index contributed by atoms with van der Waals surface area (Å²) in [7, 11) is 0. The number of carbonyl (C=O) groups is 2. The van der Waals surface area contributed by atoms with E-state index in [1.54, 1.807) is 29.2 Å². The van der Waals surface area contributed by atoms with Crippen molar-refractivity contribution in [2.45, 2.75) is 33.2 Å². The van der Waals surface area contributed by atoms with Gasteiger partial charge in [0.2, 0.25) is 11.8 Å². The van der Waals surface area contributed by atoms with Crippen molar-refractivity contribution < 1.29 is 9.59 Å². The highest BCUT2D eigenvalue weighted by atomic mass is 35.5. The van der Waals surface area contributed by atoms with Gasteiger partial charge in [0.15, 0.2) is 0 Å². The lowest BCUT2D eigenvalue weighted by Gasteiger charge is -2.24. The summed E-state index contributed by atoms with van der Waals surface area (Å²) < 4.78 is 0. The lowest BCUT2D eigenvalue weighted by atomic mass is 10.2. The molecule has 0 heterocycles. The number of nitrogens with zero attached hydrogens (tertiary/aromatic N) is 1. The third kappa shape index (κ3) is 5.30. The van der Waals surface area contributed by atoms with Gasteiger partial charge < -0.3 is 10.2 Å². The van der Waals surface area contributed by atoms with Crippen LogP contribution in [0.1, 0.15) is 27.2 Å². The van der Waals surface area contributed by atoms with Crippen LogP contribution in [0.25, 0.3) is 0 Å². The lowest BCUT2D eigenvalue weighted by Crippen LogP contribution is -2.37. The zero-order valence-corrected chi connectivity index (χ0v) is 12.2. The molecule has 104 valence electrons. The van der Waals surface area contributed by atoms with Crippen molar-refractivity contribution in [3.8, 4) is 0 Å². The van der Waals surface area contributed by atoms with E-state index in [0.717, 1.165) is 0 Å². The number of nitrogens with one attached hydrogen (secondary N) is 1. The van der Waals surface area contributed by atoms with Crippen molar-refractivity contribution in [2.24, 2.45) is 0 Å². The van der Waals surface area contributed by atoms with E-state index in [1.807, 2.05) is 13.8 Å². The zero-order chi connectivity index (χ0) is 14.4. The van der Waals surface area contributed by atoms with Crippen LogP contribution in [0.2, 0.25) is 5.02 Å². The molecule has 4 nitrogen and oxygen atoms in total. The molecule has 0 bridgehead atoms. The first-order valence-corrected chi connectivity index (χ1v) is 6.60. The Bertz CT molecular complexity index is 461.